The van der Waals surface area contributed by atoms with Gasteiger partial charge in [-0.25, -0.2) is 0 Å². The highest BCUT2D eigenvalue weighted by molar-refractivity contribution is 14.0. The molecule has 156 valence electrons. The van der Waals surface area contributed by atoms with Crippen molar-refractivity contribution in [2.24, 2.45) is 22.2 Å². The molecular formula is C18H30F3IN4O. The number of likely N-dealkylation sites (tertiary alicyclic amines) is 1. The van der Waals surface area contributed by atoms with Crippen LogP contribution in [0.4, 0.5) is 13.2 Å². The molecular weight excluding hydrogens is 472 g/mol. The van der Waals surface area contributed by atoms with Crippen LogP contribution < -0.4 is 10.6 Å². The van der Waals surface area contributed by atoms with Gasteiger partial charge in [0.1, 0.15) is 0 Å². The number of carbonyl (C=O) groups excluding carboxylic acids is 1. The van der Waals surface area contributed by atoms with Crippen LogP contribution in [0, 0.1) is 17.3 Å². The summed E-state index contributed by atoms with van der Waals surface area (Å²) in [5.74, 6) is -0.861. The molecule has 1 aliphatic carbocycles. The van der Waals surface area contributed by atoms with Crippen molar-refractivity contribution >= 4 is 35.8 Å². The predicted molar refractivity (Wildman–Crippen MR) is 109 cm³/mol. The summed E-state index contributed by atoms with van der Waals surface area (Å²) < 4.78 is 39.8. The van der Waals surface area contributed by atoms with E-state index in [1.165, 1.54) is 0 Å². The molecule has 9 heteroatoms. The Labute approximate surface area is 175 Å². The van der Waals surface area contributed by atoms with Crippen LogP contribution in [-0.4, -0.2) is 56.2 Å². The number of halogens is 4. The Kier molecular flexibility index (Phi) is 7.66. The van der Waals surface area contributed by atoms with Crippen molar-refractivity contribution in [1.82, 2.24) is 15.5 Å². The number of hydrogen-bond donors (Lipinski definition) is 2. The Balaban J connectivity index is 0.00000261. The van der Waals surface area contributed by atoms with Crippen molar-refractivity contribution in [3.8, 4) is 0 Å². The summed E-state index contributed by atoms with van der Waals surface area (Å²) >= 11 is 0. The first-order valence-corrected chi connectivity index (χ1v) is 9.62. The smallest absolute Gasteiger partial charge is 0.356 e. The molecule has 1 amide bonds. The number of rotatable bonds is 2. The lowest BCUT2D eigenvalue weighted by atomic mass is 9.78. The number of guanidine groups is 1. The first-order valence-electron chi connectivity index (χ1n) is 9.62. The summed E-state index contributed by atoms with van der Waals surface area (Å²) in [6, 6.07) is 0. The average molecular weight is 502 g/mol. The molecule has 3 atom stereocenters. The maximum atomic E-state index is 13.3. The van der Waals surface area contributed by atoms with Crippen molar-refractivity contribution < 1.29 is 18.0 Å². The van der Waals surface area contributed by atoms with Gasteiger partial charge in [0.05, 0.1) is 5.92 Å². The third kappa shape index (κ3) is 5.41. The Morgan fingerprint density at radius 1 is 1.33 bits per heavy atom. The van der Waals surface area contributed by atoms with E-state index < -0.39 is 18.0 Å². The summed E-state index contributed by atoms with van der Waals surface area (Å²) in [7, 11) is 1.67. The molecule has 3 aliphatic rings. The molecule has 0 aromatic carbocycles. The number of hydrogen-bond acceptors (Lipinski definition) is 2. The average Bonchev–Trinajstić information content (AvgIpc) is 2.95. The zero-order valence-corrected chi connectivity index (χ0v) is 18.1. The molecule has 1 spiro atoms. The van der Waals surface area contributed by atoms with Gasteiger partial charge in [-0.05, 0) is 31.6 Å². The predicted octanol–water partition coefficient (Wildman–Crippen LogP) is 3.15. The van der Waals surface area contributed by atoms with E-state index in [1.807, 2.05) is 0 Å². The van der Waals surface area contributed by atoms with Crippen molar-refractivity contribution in [2.75, 3.05) is 33.2 Å². The van der Waals surface area contributed by atoms with E-state index in [2.05, 4.69) is 20.5 Å². The second-order valence-electron chi connectivity index (χ2n) is 8.10. The second kappa shape index (κ2) is 9.17. The van der Waals surface area contributed by atoms with Gasteiger partial charge in [-0.2, -0.15) is 13.2 Å². The van der Waals surface area contributed by atoms with Crippen LogP contribution in [0.25, 0.3) is 0 Å². The van der Waals surface area contributed by atoms with Crippen LogP contribution >= 0.6 is 24.0 Å². The van der Waals surface area contributed by atoms with E-state index in [9.17, 15) is 18.0 Å². The second-order valence-corrected chi connectivity index (χ2v) is 8.10. The highest BCUT2D eigenvalue weighted by atomic mass is 127. The highest BCUT2D eigenvalue weighted by Crippen LogP contribution is 2.41. The number of aliphatic imine (C=N–C) groups is 1. The van der Waals surface area contributed by atoms with Gasteiger partial charge >= 0.3 is 6.18 Å². The standard InChI is InChI=1S/C18H29F3N4O.HI/c1-22-16(23-10-13-5-2-3-6-14(13)18(19,20)21)25-8-4-7-17(12-25)9-15(26)24-11-17;/h13-14H,2-12H2,1H3,(H,22,23)(H,24,26);1H. The zero-order chi connectivity index (χ0) is 18.8. The number of amides is 1. The lowest BCUT2D eigenvalue weighted by Gasteiger charge is -2.41. The van der Waals surface area contributed by atoms with Gasteiger partial charge < -0.3 is 15.5 Å². The maximum Gasteiger partial charge on any atom is 0.392 e. The van der Waals surface area contributed by atoms with E-state index in [-0.39, 0.29) is 41.7 Å². The van der Waals surface area contributed by atoms with Gasteiger partial charge in [0.2, 0.25) is 5.91 Å². The Hall–Kier alpha value is -0.740. The molecule has 3 unspecified atom stereocenters. The van der Waals surface area contributed by atoms with Crippen LogP contribution in [0.1, 0.15) is 44.9 Å². The fraction of sp³-hybridized carbons (Fsp3) is 0.889. The lowest BCUT2D eigenvalue weighted by molar-refractivity contribution is -0.195. The van der Waals surface area contributed by atoms with Crippen molar-refractivity contribution in [2.45, 2.75) is 51.1 Å². The SMILES string of the molecule is CN=C(NCC1CCCCC1C(F)(F)F)N1CCCC2(CNC(=O)C2)C1.I. The molecule has 2 heterocycles. The van der Waals surface area contributed by atoms with E-state index >= 15 is 0 Å². The Bertz CT molecular complexity index is 557. The first-order chi connectivity index (χ1) is 12.3. The number of carbonyl (C=O) groups is 1. The Morgan fingerprint density at radius 2 is 2.07 bits per heavy atom. The Morgan fingerprint density at radius 3 is 2.70 bits per heavy atom. The molecule has 0 aromatic rings. The fourth-order valence-corrected chi connectivity index (χ4v) is 4.87. The topological polar surface area (TPSA) is 56.7 Å². The molecule has 0 bridgehead atoms. The number of nitrogens with zero attached hydrogens (tertiary/aromatic N) is 2. The largest absolute Gasteiger partial charge is 0.392 e. The fourth-order valence-electron chi connectivity index (χ4n) is 4.87. The van der Waals surface area contributed by atoms with E-state index in [0.717, 1.165) is 32.4 Å². The van der Waals surface area contributed by atoms with Crippen LogP contribution in [0.5, 0.6) is 0 Å². The molecule has 5 nitrogen and oxygen atoms in total. The van der Waals surface area contributed by atoms with Crippen molar-refractivity contribution in [1.29, 1.82) is 0 Å². The number of alkyl halides is 3. The van der Waals surface area contributed by atoms with Gasteiger partial charge in [0.25, 0.3) is 0 Å². The van der Waals surface area contributed by atoms with Crippen molar-refractivity contribution in [3.05, 3.63) is 0 Å². The maximum absolute atomic E-state index is 13.3. The van der Waals surface area contributed by atoms with Gasteiger partial charge in [-0.15, -0.1) is 24.0 Å². The normalized spacial score (nSPS) is 32.2. The summed E-state index contributed by atoms with van der Waals surface area (Å²) in [5, 5.41) is 6.11. The summed E-state index contributed by atoms with van der Waals surface area (Å²) in [6.45, 7) is 2.53. The first kappa shape index (κ1) is 22.5. The zero-order valence-electron chi connectivity index (χ0n) is 15.8. The third-order valence-corrected chi connectivity index (χ3v) is 6.22. The van der Waals surface area contributed by atoms with Crippen LogP contribution in [0.15, 0.2) is 4.99 Å². The van der Waals surface area contributed by atoms with Gasteiger partial charge in [-0.3, -0.25) is 9.79 Å². The number of piperidine rings is 1. The molecule has 2 saturated heterocycles. The number of nitrogens with one attached hydrogen (secondary N) is 2. The van der Waals surface area contributed by atoms with E-state index in [0.29, 0.717) is 38.3 Å². The minimum atomic E-state index is -4.12. The van der Waals surface area contributed by atoms with Crippen molar-refractivity contribution in [3.63, 3.8) is 0 Å². The van der Waals surface area contributed by atoms with Gasteiger partial charge in [0, 0.05) is 45.1 Å². The molecule has 2 aliphatic heterocycles. The summed E-state index contributed by atoms with van der Waals surface area (Å²) in [5.41, 5.74) is -0.0632. The summed E-state index contributed by atoms with van der Waals surface area (Å²) in [6.07, 6.45) is 0.720. The van der Waals surface area contributed by atoms with Crippen LogP contribution in [0.3, 0.4) is 0 Å². The molecule has 1 saturated carbocycles. The third-order valence-electron chi connectivity index (χ3n) is 6.22. The minimum Gasteiger partial charge on any atom is -0.356 e. The van der Waals surface area contributed by atoms with Gasteiger partial charge in [0.15, 0.2) is 5.96 Å². The van der Waals surface area contributed by atoms with Crippen LogP contribution in [-0.2, 0) is 4.79 Å². The molecule has 0 aromatic heterocycles. The van der Waals surface area contributed by atoms with Gasteiger partial charge in [-0.1, -0.05) is 12.8 Å². The monoisotopic (exact) mass is 502 g/mol. The molecule has 3 rings (SSSR count). The highest BCUT2D eigenvalue weighted by Gasteiger charge is 2.46. The van der Waals surface area contributed by atoms with Crippen LogP contribution in [0.2, 0.25) is 0 Å². The molecule has 2 N–H and O–H groups in total. The van der Waals surface area contributed by atoms with E-state index in [1.54, 1.807) is 7.05 Å². The lowest BCUT2D eigenvalue weighted by Crippen LogP contribution is -2.52. The quantitative estimate of drug-likeness (QED) is 0.347. The van der Waals surface area contributed by atoms with E-state index in [4.69, 9.17) is 0 Å². The molecule has 3 fully saturated rings. The molecule has 0 radical (unpaired) electrons. The summed E-state index contributed by atoms with van der Waals surface area (Å²) in [4.78, 5) is 18.1. The molecule has 27 heavy (non-hydrogen) atoms. The minimum absolute atomic E-state index is 0.